The van der Waals surface area contributed by atoms with Gasteiger partial charge in [0.15, 0.2) is 0 Å². The zero-order valence-corrected chi connectivity index (χ0v) is 16.2. The largest absolute Gasteiger partial charge is 0.354 e. The van der Waals surface area contributed by atoms with Crippen molar-refractivity contribution < 1.29 is 9.18 Å². The third-order valence-corrected chi connectivity index (χ3v) is 6.28. The first-order valence-electron chi connectivity index (χ1n) is 9.98. The van der Waals surface area contributed by atoms with Crippen LogP contribution in [0.5, 0.6) is 0 Å². The molecule has 1 aromatic carbocycles. The van der Waals surface area contributed by atoms with Crippen molar-refractivity contribution >= 4 is 22.4 Å². The number of rotatable bonds is 4. The van der Waals surface area contributed by atoms with Gasteiger partial charge in [0, 0.05) is 23.5 Å². The second-order valence-electron chi connectivity index (χ2n) is 8.52. The molecule has 1 amide bonds. The van der Waals surface area contributed by atoms with Crippen molar-refractivity contribution in [2.45, 2.75) is 46.1 Å². The van der Waals surface area contributed by atoms with Gasteiger partial charge >= 0.3 is 0 Å². The monoisotopic (exact) mass is 366 g/mol. The summed E-state index contributed by atoms with van der Waals surface area (Å²) in [4.78, 5) is 16.7. The molecule has 0 aliphatic heterocycles. The van der Waals surface area contributed by atoms with E-state index in [4.69, 9.17) is 0 Å². The van der Waals surface area contributed by atoms with Crippen LogP contribution in [0.1, 0.15) is 45.6 Å². The van der Waals surface area contributed by atoms with E-state index in [0.717, 1.165) is 35.7 Å². The molecule has 1 saturated carbocycles. The number of nitrogens with zero attached hydrogens (tertiary/aromatic N) is 1. The van der Waals surface area contributed by atoms with Gasteiger partial charge in [0.1, 0.15) is 5.82 Å². The van der Waals surface area contributed by atoms with Gasteiger partial charge in [-0.3, -0.25) is 9.78 Å². The van der Waals surface area contributed by atoms with Crippen LogP contribution in [0.25, 0.3) is 16.5 Å². The van der Waals surface area contributed by atoms with E-state index >= 15 is 0 Å². The van der Waals surface area contributed by atoms with Crippen LogP contribution < -0.4 is 5.32 Å². The average molecular weight is 366 g/mol. The van der Waals surface area contributed by atoms with Gasteiger partial charge in [-0.1, -0.05) is 13.0 Å². The van der Waals surface area contributed by atoms with E-state index in [2.05, 4.69) is 23.3 Å². The summed E-state index contributed by atoms with van der Waals surface area (Å²) in [5.41, 5.74) is 3.25. The Morgan fingerprint density at radius 1 is 1.22 bits per heavy atom. The number of benzene rings is 1. The van der Waals surface area contributed by atoms with Crippen molar-refractivity contribution in [1.82, 2.24) is 10.3 Å². The number of allylic oxidation sites excluding steroid dienone is 2. The molecule has 1 unspecified atom stereocenters. The fourth-order valence-corrected chi connectivity index (χ4v) is 4.89. The Balaban J connectivity index is 1.53. The lowest BCUT2D eigenvalue weighted by Crippen LogP contribution is -2.37. The second kappa shape index (κ2) is 7.06. The number of fused-ring (bicyclic) bond motifs is 2. The van der Waals surface area contributed by atoms with Gasteiger partial charge in [-0.15, -0.1) is 0 Å². The maximum Gasteiger partial charge on any atom is 0.223 e. The quantitative estimate of drug-likeness (QED) is 0.830. The van der Waals surface area contributed by atoms with Crippen molar-refractivity contribution in [2.24, 2.45) is 23.7 Å². The fourth-order valence-electron chi connectivity index (χ4n) is 4.89. The smallest absolute Gasteiger partial charge is 0.223 e. The standard InChI is InChI=1S/C23H27FN2O/c1-13(2)26-23(27)14(3)15-8-16-10-18(11-17(16)9-15)20-6-7-25-22-5-4-19(24)12-21(20)22/h4-7,10,12-17H,8-9,11H2,1-3H3,(H,26,27)/t14?,15-,16+,17-/m1/s1. The molecule has 4 rings (SSSR count). The van der Waals surface area contributed by atoms with Gasteiger partial charge in [0.2, 0.25) is 5.91 Å². The number of hydrogen-bond donors (Lipinski definition) is 1. The molecule has 2 aliphatic rings. The number of aromatic nitrogens is 1. The molecule has 4 heteroatoms. The molecule has 0 radical (unpaired) electrons. The number of nitrogens with one attached hydrogen (secondary N) is 1. The molecule has 1 N–H and O–H groups in total. The molecule has 1 fully saturated rings. The molecule has 142 valence electrons. The topological polar surface area (TPSA) is 42.0 Å². The molecular formula is C23H27FN2O. The van der Waals surface area contributed by atoms with Crippen molar-refractivity contribution in [3.63, 3.8) is 0 Å². The third kappa shape index (κ3) is 3.50. The molecule has 3 nitrogen and oxygen atoms in total. The van der Waals surface area contributed by atoms with E-state index < -0.39 is 0 Å². The number of carbonyl (C=O) groups excluding carboxylic acids is 1. The summed E-state index contributed by atoms with van der Waals surface area (Å²) in [6.45, 7) is 6.07. The van der Waals surface area contributed by atoms with Crippen molar-refractivity contribution in [2.75, 3.05) is 0 Å². The van der Waals surface area contributed by atoms with E-state index in [9.17, 15) is 9.18 Å². The van der Waals surface area contributed by atoms with E-state index in [0.29, 0.717) is 17.8 Å². The Bertz CT molecular complexity index is 904. The van der Waals surface area contributed by atoms with Crippen LogP contribution in [-0.2, 0) is 4.79 Å². The highest BCUT2D eigenvalue weighted by molar-refractivity contribution is 5.92. The van der Waals surface area contributed by atoms with Crippen molar-refractivity contribution in [3.8, 4) is 0 Å². The zero-order chi connectivity index (χ0) is 19.1. The highest BCUT2D eigenvalue weighted by atomic mass is 19.1. The molecule has 4 atom stereocenters. The number of halogens is 1. The summed E-state index contributed by atoms with van der Waals surface area (Å²) >= 11 is 0. The van der Waals surface area contributed by atoms with Gasteiger partial charge in [-0.05, 0) is 86.3 Å². The lowest BCUT2D eigenvalue weighted by atomic mass is 9.88. The van der Waals surface area contributed by atoms with Crippen LogP contribution in [0.15, 0.2) is 36.5 Å². The third-order valence-electron chi connectivity index (χ3n) is 6.28. The van der Waals surface area contributed by atoms with Gasteiger partial charge in [-0.2, -0.15) is 0 Å². The molecule has 0 saturated heterocycles. The summed E-state index contributed by atoms with van der Waals surface area (Å²) in [5.74, 6) is 1.58. The van der Waals surface area contributed by atoms with Gasteiger partial charge in [0.25, 0.3) is 0 Å². The predicted molar refractivity (Wildman–Crippen MR) is 106 cm³/mol. The minimum atomic E-state index is -0.222. The number of hydrogen-bond acceptors (Lipinski definition) is 2. The molecule has 2 aromatic rings. The molecule has 0 bridgehead atoms. The van der Waals surface area contributed by atoms with Gasteiger partial charge in [0.05, 0.1) is 5.52 Å². The van der Waals surface area contributed by atoms with Crippen molar-refractivity contribution in [3.05, 3.63) is 47.9 Å². The maximum absolute atomic E-state index is 13.8. The minimum Gasteiger partial charge on any atom is -0.354 e. The predicted octanol–water partition coefficient (Wildman–Crippen LogP) is 4.96. The number of pyridine rings is 1. The Kier molecular flexibility index (Phi) is 4.75. The minimum absolute atomic E-state index is 0.0608. The van der Waals surface area contributed by atoms with Crippen LogP contribution in [0.3, 0.4) is 0 Å². The second-order valence-corrected chi connectivity index (χ2v) is 8.52. The van der Waals surface area contributed by atoms with Gasteiger partial charge in [-0.25, -0.2) is 4.39 Å². The first kappa shape index (κ1) is 18.1. The van der Waals surface area contributed by atoms with Crippen LogP contribution in [0, 0.1) is 29.5 Å². The summed E-state index contributed by atoms with van der Waals surface area (Å²) in [7, 11) is 0. The fraction of sp³-hybridized carbons (Fsp3) is 0.478. The molecular weight excluding hydrogens is 339 g/mol. The Labute approximate surface area is 160 Å². The molecule has 1 heterocycles. The molecule has 0 spiro atoms. The summed E-state index contributed by atoms with van der Waals surface area (Å²) in [5, 5.41) is 3.94. The van der Waals surface area contributed by atoms with E-state index in [1.165, 1.54) is 11.6 Å². The zero-order valence-electron chi connectivity index (χ0n) is 16.2. The Morgan fingerprint density at radius 3 is 2.78 bits per heavy atom. The lowest BCUT2D eigenvalue weighted by molar-refractivity contribution is -0.126. The first-order valence-corrected chi connectivity index (χ1v) is 9.98. The summed E-state index contributed by atoms with van der Waals surface area (Å²) in [6.07, 6.45) is 7.35. The maximum atomic E-state index is 13.8. The lowest BCUT2D eigenvalue weighted by Gasteiger charge is -2.21. The molecule has 1 aromatic heterocycles. The highest BCUT2D eigenvalue weighted by Gasteiger charge is 2.41. The van der Waals surface area contributed by atoms with Crippen molar-refractivity contribution in [1.29, 1.82) is 0 Å². The van der Waals surface area contributed by atoms with Crippen LogP contribution >= 0.6 is 0 Å². The molecule has 2 aliphatic carbocycles. The Morgan fingerprint density at radius 2 is 2.04 bits per heavy atom. The molecule has 27 heavy (non-hydrogen) atoms. The van der Waals surface area contributed by atoms with Crippen LogP contribution in [0.2, 0.25) is 0 Å². The summed E-state index contributed by atoms with van der Waals surface area (Å²) in [6, 6.07) is 6.99. The van der Waals surface area contributed by atoms with Crippen LogP contribution in [-0.4, -0.2) is 16.9 Å². The number of amides is 1. The normalized spacial score (nSPS) is 25.5. The summed E-state index contributed by atoms with van der Waals surface area (Å²) < 4.78 is 13.8. The highest BCUT2D eigenvalue weighted by Crippen LogP contribution is 2.50. The van der Waals surface area contributed by atoms with Gasteiger partial charge < -0.3 is 5.32 Å². The number of carbonyl (C=O) groups is 1. The SMILES string of the molecule is CC(C)NC(=O)C(C)[C@H]1C[C@@H]2CC(c3ccnc4ccc(F)cc34)=C[C@@H]2C1. The van der Waals surface area contributed by atoms with E-state index in [1.54, 1.807) is 12.1 Å². The van der Waals surface area contributed by atoms with E-state index in [1.807, 2.05) is 26.1 Å². The first-order chi connectivity index (χ1) is 12.9. The van der Waals surface area contributed by atoms with Crippen LogP contribution in [0.4, 0.5) is 4.39 Å². The van der Waals surface area contributed by atoms with E-state index in [-0.39, 0.29) is 23.7 Å². The average Bonchev–Trinajstić information content (AvgIpc) is 3.18. The Hall–Kier alpha value is -2.23.